The Balaban J connectivity index is 1.79. The lowest BCUT2D eigenvalue weighted by Gasteiger charge is -2.41. The van der Waals surface area contributed by atoms with E-state index >= 15 is 4.39 Å². The molecule has 2 aromatic heterocycles. The smallest absolute Gasteiger partial charge is 0.181 e. The molecule has 2 N–H and O–H groups in total. The van der Waals surface area contributed by atoms with Crippen LogP contribution in [0.25, 0.3) is 22.8 Å². The number of nitrogens with zero attached hydrogens (tertiary/aromatic N) is 5. The Hall–Kier alpha value is -3.41. The topological polar surface area (TPSA) is 129 Å². The number of halogens is 2. The van der Waals surface area contributed by atoms with Crippen molar-refractivity contribution in [1.82, 2.24) is 15.1 Å². The van der Waals surface area contributed by atoms with Gasteiger partial charge in [-0.2, -0.15) is 0 Å². The Morgan fingerprint density at radius 1 is 1.26 bits per heavy atom. The Labute approximate surface area is 195 Å². The number of hydrogen-bond acceptors (Lipinski definition) is 9. The monoisotopic (exact) mass is 490 g/mol. The minimum atomic E-state index is -3.06. The highest BCUT2D eigenvalue weighted by Gasteiger charge is 2.50. The largest absolute Gasteiger partial charge is 0.494 e. The van der Waals surface area contributed by atoms with Gasteiger partial charge in [0, 0.05) is 24.2 Å². The van der Waals surface area contributed by atoms with Gasteiger partial charge in [-0.3, -0.25) is 4.99 Å². The SMILES string of the molecule is CN=[S@]1(=O)C[C@@](CF)(c2cc(-c3cc(-c4ncc(OC)cn4)no3)ccc2F)N=C(N)C1(C)C. The molecule has 0 aliphatic carbocycles. The van der Waals surface area contributed by atoms with Crippen LogP contribution in [0.3, 0.4) is 0 Å². The van der Waals surface area contributed by atoms with Crippen LogP contribution in [-0.2, 0) is 15.3 Å². The van der Waals surface area contributed by atoms with Crippen LogP contribution in [0.5, 0.6) is 5.75 Å². The molecule has 2 atom stereocenters. The van der Waals surface area contributed by atoms with Crippen molar-refractivity contribution < 1.29 is 22.2 Å². The number of ether oxygens (including phenoxy) is 1. The number of rotatable bonds is 5. The molecule has 0 unspecified atom stereocenters. The van der Waals surface area contributed by atoms with Crippen LogP contribution in [0.15, 0.2) is 50.5 Å². The van der Waals surface area contributed by atoms with E-state index in [0.717, 1.165) is 0 Å². The maximum atomic E-state index is 15.0. The van der Waals surface area contributed by atoms with E-state index in [2.05, 4.69) is 24.5 Å². The van der Waals surface area contributed by atoms with Gasteiger partial charge >= 0.3 is 0 Å². The van der Waals surface area contributed by atoms with Crippen molar-refractivity contribution in [2.75, 3.05) is 26.6 Å². The van der Waals surface area contributed by atoms with Gasteiger partial charge in [-0.1, -0.05) is 5.16 Å². The van der Waals surface area contributed by atoms with Gasteiger partial charge in [0.25, 0.3) is 0 Å². The first-order valence-corrected chi connectivity index (χ1v) is 12.0. The van der Waals surface area contributed by atoms with Crippen LogP contribution >= 0.6 is 0 Å². The van der Waals surface area contributed by atoms with Crippen molar-refractivity contribution in [3.8, 4) is 28.6 Å². The number of methoxy groups -OCH3 is 1. The molecule has 1 aliphatic heterocycles. The first-order valence-electron chi connectivity index (χ1n) is 10.3. The first kappa shape index (κ1) is 23.7. The molecule has 12 heteroatoms. The third kappa shape index (κ3) is 3.71. The molecule has 0 saturated heterocycles. The lowest BCUT2D eigenvalue weighted by atomic mass is 9.90. The van der Waals surface area contributed by atoms with Crippen molar-refractivity contribution in [2.24, 2.45) is 15.1 Å². The van der Waals surface area contributed by atoms with Gasteiger partial charge in [0.1, 0.15) is 28.6 Å². The summed E-state index contributed by atoms with van der Waals surface area (Å²) in [5.74, 6) is -0.0157. The molecule has 3 heterocycles. The van der Waals surface area contributed by atoms with E-state index in [0.29, 0.717) is 22.8 Å². The van der Waals surface area contributed by atoms with E-state index in [1.807, 2.05) is 0 Å². The number of alkyl halides is 1. The van der Waals surface area contributed by atoms with Crippen LogP contribution in [0.4, 0.5) is 8.78 Å². The number of nitrogens with two attached hydrogens (primary N) is 1. The van der Waals surface area contributed by atoms with Crippen molar-refractivity contribution in [1.29, 1.82) is 0 Å². The third-order valence-electron chi connectivity index (χ3n) is 6.05. The zero-order valence-corrected chi connectivity index (χ0v) is 19.9. The highest BCUT2D eigenvalue weighted by Crippen LogP contribution is 2.41. The molecule has 9 nitrogen and oxygen atoms in total. The standard InChI is InChI=1S/C22H24F2N6O3S/c1-21(2)20(25)29-22(11-23,12-34(21,31)26-3)15-7-13(5-6-16(15)24)18-8-17(30-33-18)19-27-9-14(32-4)10-28-19/h5-10H,11-12H2,1-4H3,(H2,25,29)/t22-,34-/m0/s1. The van der Waals surface area contributed by atoms with E-state index in [1.165, 1.54) is 44.8 Å². The number of hydrogen-bond donors (Lipinski definition) is 1. The Kier molecular flexibility index (Phi) is 5.88. The van der Waals surface area contributed by atoms with Crippen molar-refractivity contribution in [3.63, 3.8) is 0 Å². The fraction of sp³-hybridized carbons (Fsp3) is 0.364. The summed E-state index contributed by atoms with van der Waals surface area (Å²) in [5, 5.41) is 3.97. The van der Waals surface area contributed by atoms with Gasteiger partial charge in [-0.15, -0.1) is 0 Å². The summed E-state index contributed by atoms with van der Waals surface area (Å²) >= 11 is 0. The Morgan fingerprint density at radius 2 is 1.97 bits per heavy atom. The first-order chi connectivity index (χ1) is 16.1. The molecule has 0 radical (unpaired) electrons. The Bertz CT molecular complexity index is 1380. The second kappa shape index (κ2) is 8.42. The summed E-state index contributed by atoms with van der Waals surface area (Å²) in [6.45, 7) is 2.15. The van der Waals surface area contributed by atoms with Gasteiger partial charge in [0.15, 0.2) is 23.0 Å². The molecule has 0 spiro atoms. The molecular formula is C22H24F2N6O3S. The summed E-state index contributed by atoms with van der Waals surface area (Å²) in [7, 11) is -0.170. The second-order valence-corrected chi connectivity index (χ2v) is 11.3. The predicted molar refractivity (Wildman–Crippen MR) is 124 cm³/mol. The van der Waals surface area contributed by atoms with Gasteiger partial charge in [0.05, 0.1) is 35.0 Å². The fourth-order valence-electron chi connectivity index (χ4n) is 3.74. The van der Waals surface area contributed by atoms with Crippen molar-refractivity contribution in [3.05, 3.63) is 48.0 Å². The van der Waals surface area contributed by atoms with Crippen molar-refractivity contribution in [2.45, 2.75) is 24.1 Å². The summed E-state index contributed by atoms with van der Waals surface area (Å²) < 4.78 is 56.6. The van der Waals surface area contributed by atoms with Gasteiger partial charge < -0.3 is 15.0 Å². The molecule has 1 aromatic carbocycles. The van der Waals surface area contributed by atoms with E-state index < -0.39 is 32.5 Å². The average Bonchev–Trinajstić information content (AvgIpc) is 3.33. The highest BCUT2D eigenvalue weighted by molar-refractivity contribution is 7.95. The van der Waals surface area contributed by atoms with Crippen LogP contribution in [0.2, 0.25) is 0 Å². The molecular weight excluding hydrogens is 466 g/mol. The minimum Gasteiger partial charge on any atom is -0.494 e. The third-order valence-corrected chi connectivity index (χ3v) is 9.32. The normalized spacial score (nSPS) is 23.9. The van der Waals surface area contributed by atoms with Crippen LogP contribution < -0.4 is 10.5 Å². The lowest BCUT2D eigenvalue weighted by molar-refractivity contribution is 0.326. The molecule has 0 amide bonds. The zero-order chi connectivity index (χ0) is 24.7. The Morgan fingerprint density at radius 3 is 2.59 bits per heavy atom. The predicted octanol–water partition coefficient (Wildman–Crippen LogP) is 3.36. The summed E-state index contributed by atoms with van der Waals surface area (Å²) in [6.07, 6.45) is 2.97. The van der Waals surface area contributed by atoms with E-state index in [9.17, 15) is 8.60 Å². The number of benzene rings is 1. The van der Waals surface area contributed by atoms with E-state index in [4.69, 9.17) is 15.0 Å². The second-order valence-electron chi connectivity index (χ2n) is 8.36. The molecule has 1 aliphatic rings. The maximum absolute atomic E-state index is 15.0. The highest BCUT2D eigenvalue weighted by atomic mass is 32.2. The fourth-order valence-corrected chi connectivity index (χ4v) is 6.01. The molecule has 34 heavy (non-hydrogen) atoms. The minimum absolute atomic E-state index is 0.0459. The summed E-state index contributed by atoms with van der Waals surface area (Å²) in [5.41, 5.74) is 4.98. The molecule has 0 bridgehead atoms. The van der Waals surface area contributed by atoms with Crippen LogP contribution in [0, 0.1) is 5.82 Å². The van der Waals surface area contributed by atoms with Gasteiger partial charge in [-0.05, 0) is 32.0 Å². The number of aromatic nitrogens is 3. The molecule has 180 valence electrons. The van der Waals surface area contributed by atoms with Crippen LogP contribution in [-0.4, -0.2) is 56.5 Å². The quantitative estimate of drug-likeness (QED) is 0.581. The van der Waals surface area contributed by atoms with E-state index in [1.54, 1.807) is 19.9 Å². The number of aliphatic imine (C=N–C) groups is 1. The average molecular weight is 491 g/mol. The maximum Gasteiger partial charge on any atom is 0.181 e. The molecule has 4 rings (SSSR count). The van der Waals surface area contributed by atoms with Gasteiger partial charge in [-0.25, -0.2) is 27.3 Å². The number of amidine groups is 1. The molecule has 3 aromatic rings. The summed E-state index contributed by atoms with van der Waals surface area (Å²) in [6, 6.07) is 5.61. The van der Waals surface area contributed by atoms with Crippen LogP contribution in [0.1, 0.15) is 19.4 Å². The summed E-state index contributed by atoms with van der Waals surface area (Å²) in [4.78, 5) is 12.6. The van der Waals surface area contributed by atoms with Gasteiger partial charge in [0.2, 0.25) is 0 Å². The lowest BCUT2D eigenvalue weighted by Crippen LogP contribution is -2.56. The van der Waals surface area contributed by atoms with E-state index in [-0.39, 0.29) is 22.9 Å². The molecule has 0 saturated carbocycles. The van der Waals surface area contributed by atoms with Crippen molar-refractivity contribution >= 4 is 15.6 Å². The zero-order valence-electron chi connectivity index (χ0n) is 19.1. The molecule has 0 fully saturated rings.